The zero-order valence-electron chi connectivity index (χ0n) is 14.8. The van der Waals surface area contributed by atoms with Crippen LogP contribution >= 0.6 is 7.60 Å². The number of benzene rings is 1. The van der Waals surface area contributed by atoms with Gasteiger partial charge in [-0.1, -0.05) is 24.3 Å². The lowest BCUT2D eigenvalue weighted by molar-refractivity contribution is 0.0564. The summed E-state index contributed by atoms with van der Waals surface area (Å²) in [5.74, 6) is 0.639. The van der Waals surface area contributed by atoms with Crippen molar-refractivity contribution in [2.75, 3.05) is 18.0 Å². The summed E-state index contributed by atoms with van der Waals surface area (Å²) in [7, 11) is -5.60. The fraction of sp³-hybridized carbons (Fsp3) is 0.333. The lowest BCUT2D eigenvalue weighted by Crippen LogP contribution is -2.29. The maximum atomic E-state index is 13.7. The first-order chi connectivity index (χ1) is 13.2. The third kappa shape index (κ3) is 4.14. The van der Waals surface area contributed by atoms with Gasteiger partial charge in [0.2, 0.25) is 17.5 Å². The fourth-order valence-corrected chi connectivity index (χ4v) is 3.40. The quantitative estimate of drug-likeness (QED) is 0.720. The predicted octanol–water partition coefficient (Wildman–Crippen LogP) is 3.93. The zero-order valence-corrected chi connectivity index (χ0v) is 15.6. The van der Waals surface area contributed by atoms with Crippen LogP contribution < -0.4 is 4.90 Å². The molecule has 1 aromatic carbocycles. The molecular weight excluding hydrogens is 391 g/mol. The lowest BCUT2D eigenvalue weighted by atomic mass is 10.1. The Morgan fingerprint density at radius 1 is 1.18 bits per heavy atom. The molecule has 0 bridgehead atoms. The third-order valence-corrected chi connectivity index (χ3v) is 5.41. The van der Waals surface area contributed by atoms with E-state index >= 15 is 0 Å². The van der Waals surface area contributed by atoms with Crippen LogP contribution in [0.4, 0.5) is 14.7 Å². The first-order valence-corrected chi connectivity index (χ1v) is 10.2. The van der Waals surface area contributed by atoms with Gasteiger partial charge in [-0.15, -0.1) is 0 Å². The van der Waals surface area contributed by atoms with Crippen molar-refractivity contribution in [2.45, 2.75) is 24.9 Å². The largest absolute Gasteiger partial charge is 0.420 e. The number of aromatic nitrogens is 1. The van der Waals surface area contributed by atoms with E-state index in [-0.39, 0.29) is 11.6 Å². The summed E-state index contributed by atoms with van der Waals surface area (Å²) in [5.41, 5.74) is -4.32. The van der Waals surface area contributed by atoms with Gasteiger partial charge in [0.05, 0.1) is 0 Å². The Hall–Kier alpha value is -2.53. The highest BCUT2D eigenvalue weighted by molar-refractivity contribution is 7.52. The van der Waals surface area contributed by atoms with Crippen LogP contribution in [0, 0.1) is 11.3 Å². The molecule has 0 saturated carbocycles. The molecule has 2 N–H and O–H groups in total. The number of anilines is 1. The van der Waals surface area contributed by atoms with Crippen LogP contribution in [0.2, 0.25) is 0 Å². The summed E-state index contributed by atoms with van der Waals surface area (Å²) in [4.78, 5) is 23.7. The summed E-state index contributed by atoms with van der Waals surface area (Å²) < 4.78 is 43.9. The highest BCUT2D eigenvalue weighted by Crippen LogP contribution is 2.59. The van der Waals surface area contributed by atoms with E-state index in [1.54, 1.807) is 6.08 Å². The van der Waals surface area contributed by atoms with E-state index in [9.17, 15) is 18.6 Å². The van der Waals surface area contributed by atoms with E-state index in [0.717, 1.165) is 44.5 Å². The Kier molecular flexibility index (Phi) is 5.66. The number of nitrogens with zero attached hydrogens (tertiary/aromatic N) is 3. The van der Waals surface area contributed by atoms with Gasteiger partial charge < -0.3 is 19.1 Å². The standard InChI is InChI=1S/C18H18F2N3O4P/c19-18(20,28(24,25)26)14-7-4-13(5-8-14)6-9-16-22-15(12-21)17(27-16)23-10-2-1-3-11-23/h4-9H,1-3,10-11H2,(H2,24,25,26)/b9-6+. The highest BCUT2D eigenvalue weighted by atomic mass is 31.2. The molecule has 148 valence electrons. The van der Waals surface area contributed by atoms with Gasteiger partial charge in [0, 0.05) is 24.7 Å². The second-order valence-electron chi connectivity index (χ2n) is 6.41. The molecule has 1 aliphatic rings. The highest BCUT2D eigenvalue weighted by Gasteiger charge is 2.50. The van der Waals surface area contributed by atoms with E-state index in [1.807, 2.05) is 11.0 Å². The van der Waals surface area contributed by atoms with Crippen molar-refractivity contribution in [3.05, 3.63) is 47.0 Å². The van der Waals surface area contributed by atoms with Crippen molar-refractivity contribution in [1.29, 1.82) is 5.26 Å². The average molecular weight is 409 g/mol. The number of hydrogen-bond donors (Lipinski definition) is 2. The maximum Gasteiger partial charge on any atom is 0.399 e. The Labute approximate surface area is 160 Å². The number of piperidine rings is 1. The smallest absolute Gasteiger partial charge is 0.399 e. The molecule has 1 saturated heterocycles. The van der Waals surface area contributed by atoms with Crippen molar-refractivity contribution in [1.82, 2.24) is 4.98 Å². The van der Waals surface area contributed by atoms with E-state index in [0.29, 0.717) is 11.4 Å². The number of hydrogen-bond acceptors (Lipinski definition) is 5. The minimum Gasteiger partial charge on any atom is -0.420 e. The molecule has 3 rings (SSSR count). The van der Waals surface area contributed by atoms with Crippen LogP contribution in [-0.4, -0.2) is 27.9 Å². The van der Waals surface area contributed by atoms with Gasteiger partial charge in [0.1, 0.15) is 6.07 Å². The van der Waals surface area contributed by atoms with Crippen molar-refractivity contribution < 1.29 is 27.5 Å². The first kappa shape index (κ1) is 20.2. The lowest BCUT2D eigenvalue weighted by Gasteiger charge is -2.25. The molecule has 1 aromatic heterocycles. The number of halogens is 2. The molecular formula is C18H18F2N3O4P. The molecule has 0 atom stereocenters. The second kappa shape index (κ2) is 7.84. The van der Waals surface area contributed by atoms with Gasteiger partial charge in [-0.2, -0.15) is 19.0 Å². The SMILES string of the molecule is N#Cc1nc(/C=C/c2ccc(C(F)(F)P(=O)(O)O)cc2)oc1N1CCCCC1. The van der Waals surface area contributed by atoms with Gasteiger partial charge in [-0.3, -0.25) is 4.57 Å². The Bertz CT molecular complexity index is 954. The molecule has 7 nitrogen and oxygen atoms in total. The number of rotatable bonds is 5. The molecule has 10 heteroatoms. The second-order valence-corrected chi connectivity index (χ2v) is 8.06. The first-order valence-electron chi connectivity index (χ1n) is 8.60. The van der Waals surface area contributed by atoms with Crippen LogP contribution in [0.15, 0.2) is 28.7 Å². The maximum absolute atomic E-state index is 13.7. The topological polar surface area (TPSA) is 111 Å². The Balaban J connectivity index is 1.78. The van der Waals surface area contributed by atoms with Crippen molar-refractivity contribution in [3.63, 3.8) is 0 Å². The fourth-order valence-electron chi connectivity index (χ4n) is 2.91. The van der Waals surface area contributed by atoms with E-state index in [2.05, 4.69) is 4.98 Å². The van der Waals surface area contributed by atoms with Gasteiger partial charge in [0.25, 0.3) is 0 Å². The number of alkyl halides is 2. The molecule has 0 radical (unpaired) electrons. The van der Waals surface area contributed by atoms with E-state index in [4.69, 9.17) is 14.2 Å². The van der Waals surface area contributed by atoms with Crippen LogP contribution in [0.3, 0.4) is 0 Å². The molecule has 28 heavy (non-hydrogen) atoms. The normalized spacial score (nSPS) is 15.8. The van der Waals surface area contributed by atoms with Crippen LogP contribution in [0.25, 0.3) is 12.2 Å². The van der Waals surface area contributed by atoms with Gasteiger partial charge in [-0.25, -0.2) is 0 Å². The van der Waals surface area contributed by atoms with Crippen LogP contribution in [0.1, 0.15) is 42.0 Å². The van der Waals surface area contributed by atoms with Gasteiger partial charge in [-0.05, 0) is 30.9 Å². The molecule has 0 aliphatic carbocycles. The zero-order chi connectivity index (χ0) is 20.4. The Morgan fingerprint density at radius 2 is 1.82 bits per heavy atom. The minimum absolute atomic E-state index is 0.193. The van der Waals surface area contributed by atoms with Crippen LogP contribution in [-0.2, 0) is 10.2 Å². The van der Waals surface area contributed by atoms with Gasteiger partial charge in [0.15, 0.2) is 0 Å². The van der Waals surface area contributed by atoms with E-state index < -0.39 is 18.8 Å². The summed E-state index contributed by atoms with van der Waals surface area (Å²) >= 11 is 0. The van der Waals surface area contributed by atoms with Crippen molar-refractivity contribution >= 4 is 25.6 Å². The van der Waals surface area contributed by atoms with Crippen molar-refractivity contribution in [2.24, 2.45) is 0 Å². The van der Waals surface area contributed by atoms with E-state index in [1.165, 1.54) is 18.2 Å². The molecule has 0 spiro atoms. The summed E-state index contributed by atoms with van der Waals surface area (Å²) in [6.45, 7) is 1.59. The summed E-state index contributed by atoms with van der Waals surface area (Å²) in [6, 6.07) is 6.52. The molecule has 2 heterocycles. The average Bonchev–Trinajstić information content (AvgIpc) is 3.10. The van der Waals surface area contributed by atoms with Crippen LogP contribution in [0.5, 0.6) is 0 Å². The molecule has 0 unspecified atom stereocenters. The number of nitriles is 1. The summed E-state index contributed by atoms with van der Waals surface area (Å²) in [6.07, 6.45) is 6.22. The number of oxazole rings is 1. The Morgan fingerprint density at radius 3 is 2.39 bits per heavy atom. The predicted molar refractivity (Wildman–Crippen MR) is 98.6 cm³/mol. The van der Waals surface area contributed by atoms with Crippen molar-refractivity contribution in [3.8, 4) is 6.07 Å². The minimum atomic E-state index is -5.60. The monoisotopic (exact) mass is 409 g/mol. The molecule has 0 amide bonds. The van der Waals surface area contributed by atoms with Gasteiger partial charge >= 0.3 is 13.3 Å². The summed E-state index contributed by atoms with van der Waals surface area (Å²) in [5, 5.41) is 9.26. The molecule has 2 aromatic rings. The molecule has 1 fully saturated rings. The molecule has 1 aliphatic heterocycles. The third-order valence-electron chi connectivity index (χ3n) is 4.42.